The second-order valence-corrected chi connectivity index (χ2v) is 5.13. The van der Waals surface area contributed by atoms with Crippen LogP contribution in [0.15, 0.2) is 24.3 Å². The summed E-state index contributed by atoms with van der Waals surface area (Å²) in [5.41, 5.74) is 7.72. The third-order valence-corrected chi connectivity index (χ3v) is 3.69. The van der Waals surface area contributed by atoms with Crippen LogP contribution in [-0.2, 0) is 0 Å². The summed E-state index contributed by atoms with van der Waals surface area (Å²) >= 11 is 1.78. The minimum absolute atomic E-state index is 0.500. The molecular formula is C13H16N2S. The van der Waals surface area contributed by atoms with Crippen molar-refractivity contribution in [1.29, 1.82) is 0 Å². The highest BCUT2D eigenvalue weighted by Gasteiger charge is 2.06. The van der Waals surface area contributed by atoms with Gasteiger partial charge in [-0.3, -0.25) is 0 Å². The number of aromatic nitrogens is 1. The van der Waals surface area contributed by atoms with Crippen LogP contribution < -0.4 is 5.73 Å². The normalized spacial score (nSPS) is 12.0. The van der Waals surface area contributed by atoms with E-state index >= 15 is 0 Å². The van der Waals surface area contributed by atoms with Gasteiger partial charge in [0.15, 0.2) is 0 Å². The molecule has 0 aliphatic rings. The zero-order valence-electron chi connectivity index (χ0n) is 9.60. The average molecular weight is 232 g/mol. The average Bonchev–Trinajstić information content (AvgIpc) is 2.69. The zero-order chi connectivity index (χ0) is 11.5. The van der Waals surface area contributed by atoms with Crippen LogP contribution in [0.3, 0.4) is 0 Å². The molecule has 0 spiro atoms. The highest BCUT2D eigenvalue weighted by atomic mass is 32.1. The first kappa shape index (κ1) is 11.3. The summed E-state index contributed by atoms with van der Waals surface area (Å²) < 4.78 is 1.25. The molecule has 0 saturated heterocycles. The number of benzene rings is 1. The Hall–Kier alpha value is -1.19. The molecule has 3 heteroatoms. The van der Waals surface area contributed by atoms with Crippen molar-refractivity contribution < 1.29 is 0 Å². The van der Waals surface area contributed by atoms with E-state index in [2.05, 4.69) is 37.0 Å². The van der Waals surface area contributed by atoms with Crippen molar-refractivity contribution in [2.45, 2.75) is 19.8 Å². The van der Waals surface area contributed by atoms with Crippen LogP contribution in [0.25, 0.3) is 16.3 Å². The zero-order valence-corrected chi connectivity index (χ0v) is 10.4. The summed E-state index contributed by atoms with van der Waals surface area (Å²) in [6, 6.07) is 6.33. The molecule has 0 aliphatic heterocycles. The van der Waals surface area contributed by atoms with Gasteiger partial charge < -0.3 is 5.73 Å². The monoisotopic (exact) mass is 232 g/mol. The summed E-state index contributed by atoms with van der Waals surface area (Å²) in [5, 5.41) is 1.20. The lowest BCUT2D eigenvalue weighted by Crippen LogP contribution is -1.91. The molecule has 1 heterocycles. The fraction of sp³-hybridized carbons (Fsp3) is 0.308. The van der Waals surface area contributed by atoms with Crippen LogP contribution in [0.4, 0.5) is 0 Å². The Bertz CT molecular complexity index is 512. The van der Waals surface area contributed by atoms with Crippen molar-refractivity contribution >= 4 is 27.6 Å². The maximum absolute atomic E-state index is 5.44. The molecule has 2 N–H and O–H groups in total. The highest BCUT2D eigenvalue weighted by Crippen LogP contribution is 2.28. The maximum atomic E-state index is 5.44. The molecule has 0 unspecified atom stereocenters. The van der Waals surface area contributed by atoms with Crippen LogP contribution in [-0.4, -0.2) is 11.5 Å². The Morgan fingerprint density at radius 2 is 2.25 bits per heavy atom. The standard InChI is InChI=1S/C13H16N2S/c1-9(2)13-15-11-6-5-10(4-3-7-14)8-12(11)16-13/h3-6,8-9H,7,14H2,1-2H3/b4-3+. The molecule has 0 aliphatic carbocycles. The van der Waals surface area contributed by atoms with Gasteiger partial charge in [-0.25, -0.2) is 4.98 Å². The number of rotatable bonds is 3. The second-order valence-electron chi connectivity index (χ2n) is 4.07. The number of nitrogens with two attached hydrogens (primary N) is 1. The molecule has 0 saturated carbocycles. The molecule has 1 aromatic heterocycles. The van der Waals surface area contributed by atoms with E-state index in [1.165, 1.54) is 15.3 Å². The molecule has 0 atom stereocenters. The summed E-state index contributed by atoms with van der Waals surface area (Å²) in [4.78, 5) is 4.60. The smallest absolute Gasteiger partial charge is 0.0963 e. The molecule has 0 bridgehead atoms. The minimum atomic E-state index is 0.500. The topological polar surface area (TPSA) is 38.9 Å². The van der Waals surface area contributed by atoms with Gasteiger partial charge in [-0.2, -0.15) is 0 Å². The molecule has 2 nitrogen and oxygen atoms in total. The van der Waals surface area contributed by atoms with Gasteiger partial charge in [0.25, 0.3) is 0 Å². The Kier molecular flexibility index (Phi) is 3.36. The fourth-order valence-corrected chi connectivity index (χ4v) is 2.53. The van der Waals surface area contributed by atoms with Crippen molar-refractivity contribution in [3.8, 4) is 0 Å². The molecule has 0 amide bonds. The first-order chi connectivity index (χ1) is 7.70. The quantitative estimate of drug-likeness (QED) is 0.881. The summed E-state index contributed by atoms with van der Waals surface area (Å²) in [5.74, 6) is 0.500. The van der Waals surface area contributed by atoms with Gasteiger partial charge in [0.1, 0.15) is 0 Å². The molecule has 2 aromatic rings. The minimum Gasteiger partial charge on any atom is -0.327 e. The van der Waals surface area contributed by atoms with E-state index in [1.54, 1.807) is 11.3 Å². The Balaban J connectivity index is 2.41. The van der Waals surface area contributed by atoms with Crippen molar-refractivity contribution in [2.24, 2.45) is 5.73 Å². The number of fused-ring (bicyclic) bond motifs is 1. The molecule has 0 fully saturated rings. The van der Waals surface area contributed by atoms with Crippen LogP contribution in [0, 0.1) is 0 Å². The van der Waals surface area contributed by atoms with Crippen LogP contribution in [0.2, 0.25) is 0 Å². The van der Waals surface area contributed by atoms with E-state index in [0.29, 0.717) is 12.5 Å². The van der Waals surface area contributed by atoms with Crippen LogP contribution >= 0.6 is 11.3 Å². The maximum Gasteiger partial charge on any atom is 0.0963 e. The van der Waals surface area contributed by atoms with E-state index < -0.39 is 0 Å². The summed E-state index contributed by atoms with van der Waals surface area (Å²) in [6.45, 7) is 4.93. The van der Waals surface area contributed by atoms with Crippen LogP contribution in [0.1, 0.15) is 30.3 Å². The van der Waals surface area contributed by atoms with Gasteiger partial charge >= 0.3 is 0 Å². The third kappa shape index (κ3) is 2.31. The van der Waals surface area contributed by atoms with Crippen molar-refractivity contribution in [1.82, 2.24) is 4.98 Å². The fourth-order valence-electron chi connectivity index (χ4n) is 1.51. The Labute approximate surface area is 99.8 Å². The predicted molar refractivity (Wildman–Crippen MR) is 71.8 cm³/mol. The summed E-state index contributed by atoms with van der Waals surface area (Å²) in [6.07, 6.45) is 4.01. The molecular weight excluding hydrogens is 216 g/mol. The first-order valence-corrected chi connectivity index (χ1v) is 6.29. The van der Waals surface area contributed by atoms with Gasteiger partial charge in [-0.15, -0.1) is 11.3 Å². The van der Waals surface area contributed by atoms with Gasteiger partial charge in [0.2, 0.25) is 0 Å². The van der Waals surface area contributed by atoms with Crippen molar-refractivity contribution in [3.05, 3.63) is 34.8 Å². The second kappa shape index (κ2) is 4.76. The third-order valence-electron chi connectivity index (χ3n) is 2.37. The van der Waals surface area contributed by atoms with Gasteiger partial charge in [0, 0.05) is 12.5 Å². The highest BCUT2D eigenvalue weighted by molar-refractivity contribution is 7.18. The van der Waals surface area contributed by atoms with Crippen molar-refractivity contribution in [2.75, 3.05) is 6.54 Å². The van der Waals surface area contributed by atoms with E-state index in [-0.39, 0.29) is 0 Å². The van der Waals surface area contributed by atoms with Crippen LogP contribution in [0.5, 0.6) is 0 Å². The van der Waals surface area contributed by atoms with Gasteiger partial charge in [-0.1, -0.05) is 32.1 Å². The lowest BCUT2D eigenvalue weighted by Gasteiger charge is -1.94. The van der Waals surface area contributed by atoms with Gasteiger partial charge in [-0.05, 0) is 17.7 Å². The van der Waals surface area contributed by atoms with E-state index in [0.717, 1.165) is 5.52 Å². The lowest BCUT2D eigenvalue weighted by atomic mass is 10.2. The molecule has 16 heavy (non-hydrogen) atoms. The van der Waals surface area contributed by atoms with Crippen molar-refractivity contribution in [3.63, 3.8) is 0 Å². The van der Waals surface area contributed by atoms with E-state index in [9.17, 15) is 0 Å². The number of hydrogen-bond donors (Lipinski definition) is 1. The first-order valence-electron chi connectivity index (χ1n) is 5.48. The number of nitrogens with zero attached hydrogens (tertiary/aromatic N) is 1. The predicted octanol–water partition coefficient (Wildman–Crippen LogP) is 3.39. The van der Waals surface area contributed by atoms with E-state index in [4.69, 9.17) is 5.73 Å². The molecule has 1 aromatic carbocycles. The van der Waals surface area contributed by atoms with E-state index in [1.807, 2.05) is 12.2 Å². The lowest BCUT2D eigenvalue weighted by molar-refractivity contribution is 0.857. The Morgan fingerprint density at radius 3 is 2.94 bits per heavy atom. The van der Waals surface area contributed by atoms with Gasteiger partial charge in [0.05, 0.1) is 15.2 Å². The number of hydrogen-bond acceptors (Lipinski definition) is 3. The molecule has 84 valence electrons. The summed E-state index contributed by atoms with van der Waals surface area (Å²) in [7, 11) is 0. The molecule has 0 radical (unpaired) electrons. The SMILES string of the molecule is CC(C)c1nc2ccc(/C=C/CN)cc2s1. The largest absolute Gasteiger partial charge is 0.327 e. The Morgan fingerprint density at radius 1 is 1.44 bits per heavy atom. The molecule has 2 rings (SSSR count). The number of thiazole rings is 1.